The Morgan fingerprint density at radius 1 is 1.46 bits per heavy atom. The third kappa shape index (κ3) is 3.11. The van der Waals surface area contributed by atoms with Gasteiger partial charge in [0, 0.05) is 12.6 Å². The van der Waals surface area contributed by atoms with Crippen LogP contribution in [0.5, 0.6) is 0 Å². The zero-order chi connectivity index (χ0) is 9.90. The van der Waals surface area contributed by atoms with E-state index in [1.807, 2.05) is 32.9 Å². The second kappa shape index (κ2) is 3.83. The normalized spacial score (nSPS) is 14.2. The molecule has 1 heterocycles. The highest BCUT2D eigenvalue weighted by Crippen LogP contribution is 2.21. The van der Waals surface area contributed by atoms with Gasteiger partial charge >= 0.3 is 0 Å². The van der Waals surface area contributed by atoms with Gasteiger partial charge in [0.25, 0.3) is 0 Å². The molecule has 0 amide bonds. The number of aliphatic hydroxyl groups excluding tert-OH is 1. The molecule has 1 N–H and O–H groups in total. The lowest BCUT2D eigenvalue weighted by molar-refractivity contribution is 0.0626. The molecule has 1 unspecified atom stereocenters. The topological polar surface area (TPSA) is 46.0 Å². The van der Waals surface area contributed by atoms with Gasteiger partial charge in [-0.05, 0) is 17.5 Å². The van der Waals surface area contributed by atoms with Crippen LogP contribution in [0.25, 0.3) is 0 Å². The van der Waals surface area contributed by atoms with Gasteiger partial charge in [-0.3, -0.25) is 0 Å². The van der Waals surface area contributed by atoms with Gasteiger partial charge in [-0.2, -0.15) is 10.2 Å². The van der Waals surface area contributed by atoms with Crippen LogP contribution in [0.2, 0.25) is 0 Å². The summed E-state index contributed by atoms with van der Waals surface area (Å²) in [4.78, 5) is 0. The summed E-state index contributed by atoms with van der Waals surface area (Å²) in [6, 6.07) is 3.71. The average molecular weight is 180 g/mol. The molecule has 0 radical (unpaired) electrons. The third-order valence-corrected chi connectivity index (χ3v) is 2.03. The Balaban J connectivity index is 2.61. The summed E-state index contributed by atoms with van der Waals surface area (Å²) in [7, 11) is 0. The molecule has 0 saturated carbocycles. The van der Waals surface area contributed by atoms with E-state index in [0.29, 0.717) is 6.42 Å². The highest BCUT2D eigenvalue weighted by atomic mass is 16.3. The van der Waals surface area contributed by atoms with Gasteiger partial charge in [0.05, 0.1) is 11.8 Å². The highest BCUT2D eigenvalue weighted by Gasteiger charge is 2.22. The van der Waals surface area contributed by atoms with Crippen molar-refractivity contribution in [2.75, 3.05) is 0 Å². The Labute approximate surface area is 78.8 Å². The van der Waals surface area contributed by atoms with E-state index < -0.39 is 0 Å². The first-order chi connectivity index (χ1) is 6.00. The van der Waals surface area contributed by atoms with Crippen molar-refractivity contribution in [3.8, 4) is 0 Å². The van der Waals surface area contributed by atoms with Crippen LogP contribution in [0.4, 0.5) is 0 Å². The Kier molecular flexibility index (Phi) is 2.98. The van der Waals surface area contributed by atoms with E-state index in [0.717, 1.165) is 5.69 Å². The molecular weight excluding hydrogens is 164 g/mol. The fraction of sp³-hybridized carbons (Fsp3) is 0.600. The lowest BCUT2D eigenvalue weighted by atomic mass is 9.86. The van der Waals surface area contributed by atoms with E-state index in [-0.39, 0.29) is 11.5 Å². The molecule has 72 valence electrons. The van der Waals surface area contributed by atoms with E-state index in [1.54, 1.807) is 6.20 Å². The van der Waals surface area contributed by atoms with Crippen molar-refractivity contribution in [2.24, 2.45) is 5.41 Å². The highest BCUT2D eigenvalue weighted by molar-refractivity contribution is 5.01. The molecule has 3 nitrogen and oxygen atoms in total. The summed E-state index contributed by atoms with van der Waals surface area (Å²) in [6.45, 7) is 6.02. The van der Waals surface area contributed by atoms with Crippen LogP contribution < -0.4 is 0 Å². The second-order valence-corrected chi connectivity index (χ2v) is 4.30. The quantitative estimate of drug-likeness (QED) is 0.748. The zero-order valence-corrected chi connectivity index (χ0v) is 8.36. The van der Waals surface area contributed by atoms with Crippen molar-refractivity contribution in [2.45, 2.75) is 33.3 Å². The lowest BCUT2D eigenvalue weighted by Crippen LogP contribution is -2.28. The molecule has 1 aromatic heterocycles. The minimum absolute atomic E-state index is 0.0997. The van der Waals surface area contributed by atoms with Gasteiger partial charge in [-0.15, -0.1) is 0 Å². The summed E-state index contributed by atoms with van der Waals surface area (Å²) < 4.78 is 0. The Morgan fingerprint density at radius 2 is 2.15 bits per heavy atom. The van der Waals surface area contributed by atoms with E-state index in [2.05, 4.69) is 10.2 Å². The third-order valence-electron chi connectivity index (χ3n) is 2.03. The molecule has 0 aliphatic carbocycles. The van der Waals surface area contributed by atoms with Crippen molar-refractivity contribution in [3.05, 3.63) is 24.0 Å². The first kappa shape index (κ1) is 10.1. The number of rotatable bonds is 2. The first-order valence-electron chi connectivity index (χ1n) is 4.45. The summed E-state index contributed by atoms with van der Waals surface area (Å²) in [5.74, 6) is 0. The molecule has 0 aromatic carbocycles. The summed E-state index contributed by atoms with van der Waals surface area (Å²) in [5.41, 5.74) is 0.738. The van der Waals surface area contributed by atoms with Crippen LogP contribution in [0, 0.1) is 5.41 Å². The Morgan fingerprint density at radius 3 is 2.62 bits per heavy atom. The fourth-order valence-corrected chi connectivity index (χ4v) is 0.947. The lowest BCUT2D eigenvalue weighted by Gasteiger charge is -2.25. The maximum absolute atomic E-state index is 9.77. The number of hydrogen-bond donors (Lipinski definition) is 1. The van der Waals surface area contributed by atoms with Crippen LogP contribution >= 0.6 is 0 Å². The molecule has 0 spiro atoms. The number of aromatic nitrogens is 2. The van der Waals surface area contributed by atoms with E-state index in [4.69, 9.17) is 0 Å². The summed E-state index contributed by atoms with van der Waals surface area (Å²) >= 11 is 0. The minimum atomic E-state index is -0.371. The van der Waals surface area contributed by atoms with Crippen LogP contribution in [0.3, 0.4) is 0 Å². The van der Waals surface area contributed by atoms with E-state index in [9.17, 15) is 5.11 Å². The van der Waals surface area contributed by atoms with Crippen molar-refractivity contribution in [1.82, 2.24) is 10.2 Å². The van der Waals surface area contributed by atoms with Crippen molar-refractivity contribution >= 4 is 0 Å². The predicted octanol–water partition coefficient (Wildman–Crippen LogP) is 1.43. The number of hydrogen-bond acceptors (Lipinski definition) is 3. The molecular formula is C10H16N2O. The molecule has 13 heavy (non-hydrogen) atoms. The molecule has 0 saturated heterocycles. The molecule has 0 fully saturated rings. The first-order valence-corrected chi connectivity index (χ1v) is 4.45. The monoisotopic (exact) mass is 180 g/mol. The van der Waals surface area contributed by atoms with Crippen LogP contribution in [0.15, 0.2) is 18.3 Å². The summed E-state index contributed by atoms with van der Waals surface area (Å²) in [6.07, 6.45) is 1.83. The zero-order valence-electron chi connectivity index (χ0n) is 8.36. The van der Waals surface area contributed by atoms with Crippen molar-refractivity contribution in [1.29, 1.82) is 0 Å². The maximum Gasteiger partial charge on any atom is 0.0657 e. The standard InChI is InChI=1S/C10H16N2O/c1-10(2,3)9(13)7-8-5-4-6-11-12-8/h4-6,9,13H,7H2,1-3H3. The van der Waals surface area contributed by atoms with E-state index >= 15 is 0 Å². The molecule has 3 heteroatoms. The molecule has 0 aliphatic rings. The Bertz CT molecular complexity index is 253. The van der Waals surface area contributed by atoms with Gasteiger partial charge in [0.15, 0.2) is 0 Å². The van der Waals surface area contributed by atoms with Gasteiger partial charge in [0.1, 0.15) is 0 Å². The van der Waals surface area contributed by atoms with Gasteiger partial charge in [-0.1, -0.05) is 20.8 Å². The molecule has 0 aliphatic heterocycles. The molecule has 0 bridgehead atoms. The van der Waals surface area contributed by atoms with E-state index in [1.165, 1.54) is 0 Å². The number of nitrogens with zero attached hydrogens (tertiary/aromatic N) is 2. The second-order valence-electron chi connectivity index (χ2n) is 4.30. The van der Waals surface area contributed by atoms with Crippen LogP contribution in [-0.2, 0) is 6.42 Å². The molecule has 1 aromatic rings. The largest absolute Gasteiger partial charge is 0.392 e. The van der Waals surface area contributed by atoms with Gasteiger partial charge in [0.2, 0.25) is 0 Å². The maximum atomic E-state index is 9.77. The van der Waals surface area contributed by atoms with Crippen LogP contribution in [0.1, 0.15) is 26.5 Å². The Hall–Kier alpha value is -0.960. The molecule has 1 rings (SSSR count). The minimum Gasteiger partial charge on any atom is -0.392 e. The van der Waals surface area contributed by atoms with Gasteiger partial charge in [-0.25, -0.2) is 0 Å². The van der Waals surface area contributed by atoms with Crippen LogP contribution in [-0.4, -0.2) is 21.4 Å². The van der Waals surface area contributed by atoms with Crippen molar-refractivity contribution < 1.29 is 5.11 Å². The predicted molar refractivity (Wildman–Crippen MR) is 51.2 cm³/mol. The van der Waals surface area contributed by atoms with Crippen molar-refractivity contribution in [3.63, 3.8) is 0 Å². The number of aliphatic hydroxyl groups is 1. The summed E-state index contributed by atoms with van der Waals surface area (Å²) in [5, 5.41) is 17.5. The average Bonchev–Trinajstić information content (AvgIpc) is 2.04. The fourth-order valence-electron chi connectivity index (χ4n) is 0.947. The SMILES string of the molecule is CC(C)(C)C(O)Cc1cccnn1. The molecule has 1 atom stereocenters. The van der Waals surface area contributed by atoms with Gasteiger partial charge < -0.3 is 5.11 Å². The smallest absolute Gasteiger partial charge is 0.0657 e.